The fourth-order valence-corrected chi connectivity index (χ4v) is 2.98. The van der Waals surface area contributed by atoms with Gasteiger partial charge in [0.2, 0.25) is 11.8 Å². The van der Waals surface area contributed by atoms with Crippen LogP contribution in [0.1, 0.15) is 6.42 Å². The molecule has 1 atom stereocenters. The zero-order chi connectivity index (χ0) is 20.8. The smallest absolute Gasteiger partial charge is 0.227 e. The zero-order valence-corrected chi connectivity index (χ0v) is 16.0. The van der Waals surface area contributed by atoms with Crippen LogP contribution in [-0.4, -0.2) is 31.5 Å². The molecule has 1 N–H and O–H groups in total. The number of halogens is 3. The quantitative estimate of drug-likeness (QED) is 0.759. The molecule has 0 radical (unpaired) electrons. The van der Waals surface area contributed by atoms with Gasteiger partial charge in [0.1, 0.15) is 12.4 Å². The number of hydrogen-bond acceptors (Lipinski definition) is 3. The van der Waals surface area contributed by atoms with E-state index in [1.165, 1.54) is 6.07 Å². The fraction of sp³-hybridized carbons (Fsp3) is 0.238. The Hall–Kier alpha value is -3.11. The molecule has 2 aromatic carbocycles. The number of benzene rings is 2. The molecule has 1 fully saturated rings. The predicted molar refractivity (Wildman–Crippen MR) is 105 cm³/mol. The van der Waals surface area contributed by atoms with Gasteiger partial charge in [0.25, 0.3) is 0 Å². The van der Waals surface area contributed by atoms with Gasteiger partial charge >= 0.3 is 0 Å². The molecular formula is C21H17ClF2N2O3. The number of ether oxygens (including phenoxy) is 1. The van der Waals surface area contributed by atoms with E-state index in [-0.39, 0.29) is 43.7 Å². The Balaban J connectivity index is 1.44. The molecule has 1 unspecified atom stereocenters. The summed E-state index contributed by atoms with van der Waals surface area (Å²) in [7, 11) is 0. The standard InChI is InChI=1S/C21H17ClF2N2O3/c22-15-3-6-17(7-4-15)26-13-14(11-20(26)27)21(28)25-9-1-2-10-29-19-8-5-16(23)12-18(19)24/h3-8,12,14H,9-11,13H2,(H,25,28). The van der Waals surface area contributed by atoms with Crippen LogP contribution in [0, 0.1) is 29.4 Å². The van der Waals surface area contributed by atoms with E-state index in [4.69, 9.17) is 16.3 Å². The molecule has 1 saturated heterocycles. The number of carbonyl (C=O) groups excluding carboxylic acids is 2. The van der Waals surface area contributed by atoms with Crippen molar-refractivity contribution in [3.63, 3.8) is 0 Å². The first-order valence-corrected chi connectivity index (χ1v) is 9.19. The van der Waals surface area contributed by atoms with Gasteiger partial charge in [0.15, 0.2) is 11.6 Å². The lowest BCUT2D eigenvalue weighted by Gasteiger charge is -2.16. The van der Waals surface area contributed by atoms with Crippen molar-refractivity contribution in [1.29, 1.82) is 0 Å². The van der Waals surface area contributed by atoms with Crippen molar-refractivity contribution in [2.24, 2.45) is 5.92 Å². The summed E-state index contributed by atoms with van der Waals surface area (Å²) in [6.07, 6.45) is 0.120. The van der Waals surface area contributed by atoms with Crippen LogP contribution in [0.4, 0.5) is 14.5 Å². The molecule has 0 aliphatic carbocycles. The molecule has 0 saturated carbocycles. The summed E-state index contributed by atoms with van der Waals surface area (Å²) in [5.41, 5.74) is 0.694. The molecule has 1 aliphatic heterocycles. The Morgan fingerprint density at radius 1 is 1.21 bits per heavy atom. The van der Waals surface area contributed by atoms with Crippen LogP contribution in [0.15, 0.2) is 42.5 Å². The van der Waals surface area contributed by atoms with Crippen LogP contribution < -0.4 is 15.0 Å². The molecule has 150 valence electrons. The minimum absolute atomic E-state index is 0.0692. The molecule has 0 aromatic heterocycles. The maximum atomic E-state index is 13.4. The maximum Gasteiger partial charge on any atom is 0.227 e. The maximum absolute atomic E-state index is 13.4. The van der Waals surface area contributed by atoms with Gasteiger partial charge in [-0.15, -0.1) is 0 Å². The molecule has 0 spiro atoms. The third kappa shape index (κ3) is 5.46. The molecule has 5 nitrogen and oxygen atoms in total. The van der Waals surface area contributed by atoms with Crippen molar-refractivity contribution in [2.75, 3.05) is 24.6 Å². The van der Waals surface area contributed by atoms with Crippen molar-refractivity contribution in [1.82, 2.24) is 5.32 Å². The van der Waals surface area contributed by atoms with Crippen molar-refractivity contribution < 1.29 is 23.1 Å². The number of rotatable bonds is 5. The van der Waals surface area contributed by atoms with Gasteiger partial charge in [-0.3, -0.25) is 9.59 Å². The molecular weight excluding hydrogens is 402 g/mol. The van der Waals surface area contributed by atoms with E-state index >= 15 is 0 Å². The fourth-order valence-electron chi connectivity index (χ4n) is 2.85. The first kappa shape index (κ1) is 20.6. The molecule has 3 rings (SSSR count). The third-order valence-electron chi connectivity index (χ3n) is 4.30. The van der Waals surface area contributed by atoms with Crippen LogP contribution in [0.3, 0.4) is 0 Å². The Morgan fingerprint density at radius 2 is 1.97 bits per heavy atom. The minimum atomic E-state index is -0.809. The van der Waals surface area contributed by atoms with E-state index in [1.807, 2.05) is 0 Å². The van der Waals surface area contributed by atoms with Crippen LogP contribution in [0.5, 0.6) is 5.75 Å². The van der Waals surface area contributed by atoms with Crippen molar-refractivity contribution >= 4 is 29.1 Å². The Labute approximate surface area is 171 Å². The normalized spacial score (nSPS) is 15.6. The van der Waals surface area contributed by atoms with E-state index in [0.29, 0.717) is 10.7 Å². The molecule has 1 heterocycles. The minimum Gasteiger partial charge on any atom is -0.478 e. The molecule has 2 aromatic rings. The summed E-state index contributed by atoms with van der Waals surface area (Å²) < 4.78 is 31.3. The molecule has 0 bridgehead atoms. The van der Waals surface area contributed by atoms with Crippen molar-refractivity contribution in [3.05, 3.63) is 59.1 Å². The first-order valence-electron chi connectivity index (χ1n) is 8.81. The largest absolute Gasteiger partial charge is 0.478 e. The van der Waals surface area contributed by atoms with Crippen molar-refractivity contribution in [2.45, 2.75) is 6.42 Å². The summed E-state index contributed by atoms with van der Waals surface area (Å²) in [6.45, 7) is 0.247. The zero-order valence-electron chi connectivity index (χ0n) is 15.3. The highest BCUT2D eigenvalue weighted by atomic mass is 35.5. The van der Waals surface area contributed by atoms with Crippen LogP contribution in [0.25, 0.3) is 0 Å². The second-order valence-corrected chi connectivity index (χ2v) is 6.75. The van der Waals surface area contributed by atoms with Gasteiger partial charge in [-0.05, 0) is 36.4 Å². The van der Waals surface area contributed by atoms with Gasteiger partial charge in [-0.25, -0.2) is 8.78 Å². The molecule has 2 amide bonds. The van der Waals surface area contributed by atoms with Gasteiger partial charge in [0.05, 0.1) is 12.5 Å². The topological polar surface area (TPSA) is 58.6 Å². The lowest BCUT2D eigenvalue weighted by Crippen LogP contribution is -2.33. The molecule has 8 heteroatoms. The SMILES string of the molecule is O=C(NCC#CCOc1ccc(F)cc1F)C1CC(=O)N(c2ccc(Cl)cc2)C1. The lowest BCUT2D eigenvalue weighted by molar-refractivity contribution is -0.126. The number of nitrogens with zero attached hydrogens (tertiary/aromatic N) is 1. The van der Waals surface area contributed by atoms with Crippen LogP contribution in [0.2, 0.25) is 5.02 Å². The van der Waals surface area contributed by atoms with Crippen LogP contribution >= 0.6 is 11.6 Å². The number of amides is 2. The lowest BCUT2D eigenvalue weighted by atomic mass is 10.1. The number of hydrogen-bond donors (Lipinski definition) is 1. The Bertz CT molecular complexity index is 970. The summed E-state index contributed by atoms with van der Waals surface area (Å²) >= 11 is 5.85. The highest BCUT2D eigenvalue weighted by Gasteiger charge is 2.34. The second-order valence-electron chi connectivity index (χ2n) is 6.32. The van der Waals surface area contributed by atoms with E-state index in [2.05, 4.69) is 17.2 Å². The number of carbonyl (C=O) groups is 2. The van der Waals surface area contributed by atoms with Gasteiger partial charge in [-0.1, -0.05) is 23.4 Å². The number of nitrogens with one attached hydrogen (secondary N) is 1. The monoisotopic (exact) mass is 418 g/mol. The summed E-state index contributed by atoms with van der Waals surface area (Å²) in [6, 6.07) is 9.82. The molecule has 29 heavy (non-hydrogen) atoms. The van der Waals surface area contributed by atoms with E-state index < -0.39 is 17.6 Å². The van der Waals surface area contributed by atoms with Gasteiger partial charge in [0, 0.05) is 29.7 Å². The average molecular weight is 419 g/mol. The molecule has 1 aliphatic rings. The van der Waals surface area contributed by atoms with Gasteiger partial charge in [-0.2, -0.15) is 0 Å². The van der Waals surface area contributed by atoms with Crippen LogP contribution in [-0.2, 0) is 9.59 Å². The Morgan fingerprint density at radius 3 is 2.69 bits per heavy atom. The summed E-state index contributed by atoms with van der Waals surface area (Å²) in [5, 5.41) is 3.22. The van der Waals surface area contributed by atoms with Gasteiger partial charge < -0.3 is 15.0 Å². The number of anilines is 1. The summed E-state index contributed by atoms with van der Waals surface area (Å²) in [4.78, 5) is 26.0. The Kier molecular flexibility index (Phi) is 6.68. The third-order valence-corrected chi connectivity index (χ3v) is 4.56. The highest BCUT2D eigenvalue weighted by Crippen LogP contribution is 2.26. The second kappa shape index (κ2) is 9.39. The van der Waals surface area contributed by atoms with E-state index in [0.717, 1.165) is 12.1 Å². The van der Waals surface area contributed by atoms with E-state index in [1.54, 1.807) is 29.2 Å². The van der Waals surface area contributed by atoms with E-state index in [9.17, 15) is 18.4 Å². The average Bonchev–Trinajstić information content (AvgIpc) is 3.08. The first-order chi connectivity index (χ1) is 13.9. The van der Waals surface area contributed by atoms with Crippen molar-refractivity contribution in [3.8, 4) is 17.6 Å². The summed E-state index contributed by atoms with van der Waals surface area (Å²) in [5.74, 6) is 2.85. The predicted octanol–water partition coefficient (Wildman–Crippen LogP) is 3.17. The highest BCUT2D eigenvalue weighted by molar-refractivity contribution is 6.30.